The quantitative estimate of drug-likeness (QED) is 0.188. The summed E-state index contributed by atoms with van der Waals surface area (Å²) < 4.78 is 2.44. The molecule has 3 nitrogen and oxygen atoms in total. The summed E-state index contributed by atoms with van der Waals surface area (Å²) in [5, 5.41) is 19.7. The maximum atomic E-state index is 5.09. The Balaban J connectivity index is 1.14. The Bertz CT molecular complexity index is 3110. The summed E-state index contributed by atoms with van der Waals surface area (Å²) in [6.45, 7) is 4.65. The van der Waals surface area contributed by atoms with Gasteiger partial charge in [-0.25, -0.2) is 0 Å². The second-order valence-electron chi connectivity index (χ2n) is 14.6. The minimum absolute atomic E-state index is 0.0881. The Labute approximate surface area is 301 Å². The van der Waals surface area contributed by atoms with Crippen molar-refractivity contribution in [3.8, 4) is 39.3 Å². The summed E-state index contributed by atoms with van der Waals surface area (Å²) in [7, 11) is 0. The zero-order valence-electron chi connectivity index (χ0n) is 28.9. The molecule has 10 aromatic rings. The van der Waals surface area contributed by atoms with E-state index in [4.69, 9.17) is 10.2 Å². The second-order valence-corrected chi connectivity index (χ2v) is 14.6. The SMILES string of the molecule is CC1(C)c2ccccc2-c2c(-c3nnc(-c4cccc5c(-n6c7ccccc7c7cc8ccccc8cc76)cccc45)c4ccccc34)cccc21. The van der Waals surface area contributed by atoms with Crippen LogP contribution in [0.5, 0.6) is 0 Å². The van der Waals surface area contributed by atoms with Gasteiger partial charge in [-0.15, -0.1) is 10.2 Å². The van der Waals surface area contributed by atoms with Gasteiger partial charge >= 0.3 is 0 Å². The van der Waals surface area contributed by atoms with Crippen molar-refractivity contribution in [3.63, 3.8) is 0 Å². The van der Waals surface area contributed by atoms with Gasteiger partial charge in [-0.1, -0.05) is 153 Å². The van der Waals surface area contributed by atoms with Crippen LogP contribution in [0.2, 0.25) is 0 Å². The third kappa shape index (κ3) is 3.96. The highest BCUT2D eigenvalue weighted by Gasteiger charge is 2.37. The summed E-state index contributed by atoms with van der Waals surface area (Å²) in [4.78, 5) is 0. The van der Waals surface area contributed by atoms with Crippen molar-refractivity contribution in [3.05, 3.63) is 175 Å². The average molecular weight is 664 g/mol. The number of rotatable bonds is 3. The highest BCUT2D eigenvalue weighted by Crippen LogP contribution is 2.52. The Morgan fingerprint density at radius 1 is 0.404 bits per heavy atom. The molecular weight excluding hydrogens is 631 g/mol. The zero-order chi connectivity index (χ0) is 34.6. The van der Waals surface area contributed by atoms with E-state index in [0.717, 1.165) is 44.4 Å². The van der Waals surface area contributed by atoms with Crippen molar-refractivity contribution in [1.29, 1.82) is 0 Å². The van der Waals surface area contributed by atoms with Crippen LogP contribution >= 0.6 is 0 Å². The van der Waals surface area contributed by atoms with E-state index in [1.54, 1.807) is 0 Å². The molecule has 2 aromatic heterocycles. The molecular formula is C49H33N3. The molecule has 0 spiro atoms. The van der Waals surface area contributed by atoms with E-state index in [-0.39, 0.29) is 5.41 Å². The van der Waals surface area contributed by atoms with Crippen molar-refractivity contribution in [2.75, 3.05) is 0 Å². The molecule has 0 aliphatic heterocycles. The Kier molecular flexibility index (Phi) is 6.01. The van der Waals surface area contributed by atoms with E-state index < -0.39 is 0 Å². The lowest BCUT2D eigenvalue weighted by Crippen LogP contribution is -2.14. The van der Waals surface area contributed by atoms with Crippen molar-refractivity contribution in [1.82, 2.24) is 14.8 Å². The highest BCUT2D eigenvalue weighted by molar-refractivity contribution is 6.15. The van der Waals surface area contributed by atoms with Crippen LogP contribution in [-0.2, 0) is 5.41 Å². The Morgan fingerprint density at radius 3 is 1.79 bits per heavy atom. The summed E-state index contributed by atoms with van der Waals surface area (Å²) in [5.74, 6) is 0. The zero-order valence-corrected chi connectivity index (χ0v) is 28.9. The average Bonchev–Trinajstić information content (AvgIpc) is 3.64. The third-order valence-corrected chi connectivity index (χ3v) is 11.5. The molecule has 0 bridgehead atoms. The van der Waals surface area contributed by atoms with E-state index >= 15 is 0 Å². The fourth-order valence-electron chi connectivity index (χ4n) is 9.06. The molecule has 1 aliphatic rings. The third-order valence-electron chi connectivity index (χ3n) is 11.5. The maximum absolute atomic E-state index is 5.09. The van der Waals surface area contributed by atoms with Crippen LogP contribution in [0.3, 0.4) is 0 Å². The molecule has 11 rings (SSSR count). The lowest BCUT2D eigenvalue weighted by Gasteiger charge is -2.21. The molecule has 0 saturated heterocycles. The maximum Gasteiger partial charge on any atom is 0.101 e. The van der Waals surface area contributed by atoms with Crippen molar-refractivity contribution in [2.45, 2.75) is 19.3 Å². The fourth-order valence-corrected chi connectivity index (χ4v) is 9.06. The van der Waals surface area contributed by atoms with Crippen LogP contribution in [0.25, 0.3) is 93.5 Å². The minimum atomic E-state index is -0.0881. The van der Waals surface area contributed by atoms with Gasteiger partial charge in [0.05, 0.1) is 16.7 Å². The normalized spacial score (nSPS) is 13.3. The smallest absolute Gasteiger partial charge is 0.101 e. The predicted molar refractivity (Wildman–Crippen MR) is 217 cm³/mol. The lowest BCUT2D eigenvalue weighted by molar-refractivity contribution is 0.660. The number of para-hydroxylation sites is 1. The summed E-state index contributed by atoms with van der Waals surface area (Å²) in [6.07, 6.45) is 0. The monoisotopic (exact) mass is 663 g/mol. The molecule has 0 fully saturated rings. The van der Waals surface area contributed by atoms with Gasteiger partial charge in [-0.2, -0.15) is 0 Å². The predicted octanol–water partition coefficient (Wildman–Crippen LogP) is 12.7. The van der Waals surface area contributed by atoms with Gasteiger partial charge in [0.25, 0.3) is 0 Å². The van der Waals surface area contributed by atoms with Crippen LogP contribution < -0.4 is 0 Å². The molecule has 0 amide bonds. The highest BCUT2D eigenvalue weighted by atomic mass is 15.1. The van der Waals surface area contributed by atoms with Crippen LogP contribution in [0.4, 0.5) is 0 Å². The van der Waals surface area contributed by atoms with Crippen molar-refractivity contribution in [2.24, 2.45) is 0 Å². The summed E-state index contributed by atoms with van der Waals surface area (Å²) in [5.41, 5.74) is 12.7. The number of hydrogen-bond donors (Lipinski definition) is 0. The van der Waals surface area contributed by atoms with E-state index in [0.29, 0.717) is 0 Å². The molecule has 0 unspecified atom stereocenters. The molecule has 244 valence electrons. The van der Waals surface area contributed by atoms with Gasteiger partial charge in [-0.05, 0) is 62.7 Å². The molecule has 0 radical (unpaired) electrons. The standard InChI is InChI=1S/C49H33N3/c1-49(2)41-24-9-7-19-38(41)46-39(23-12-25-42(46)49)48-37-18-6-5-17-36(37)47(50-51-48)35-22-11-21-33-32(35)20-13-27-44(33)52-43-26-10-8-16-34(43)40-28-30-14-3-4-15-31(30)29-45(40)52/h3-29H,1-2H3. The molecule has 3 heteroatoms. The van der Waals surface area contributed by atoms with Crippen molar-refractivity contribution < 1.29 is 0 Å². The number of benzene rings is 8. The first kappa shape index (κ1) is 29.2. The van der Waals surface area contributed by atoms with Crippen LogP contribution in [0, 0.1) is 0 Å². The van der Waals surface area contributed by atoms with E-state index in [1.807, 2.05) is 0 Å². The number of nitrogens with zero attached hydrogens (tertiary/aromatic N) is 3. The summed E-state index contributed by atoms with van der Waals surface area (Å²) in [6, 6.07) is 59.4. The number of fused-ring (bicyclic) bond motifs is 9. The van der Waals surface area contributed by atoms with Crippen LogP contribution in [0.15, 0.2) is 164 Å². The number of aromatic nitrogens is 3. The molecule has 52 heavy (non-hydrogen) atoms. The van der Waals surface area contributed by atoms with Gasteiger partial charge < -0.3 is 4.57 Å². The molecule has 1 aliphatic carbocycles. The number of hydrogen-bond acceptors (Lipinski definition) is 2. The Hall–Kier alpha value is -6.58. The molecule has 8 aromatic carbocycles. The Morgan fingerprint density at radius 2 is 0.962 bits per heavy atom. The van der Waals surface area contributed by atoms with Gasteiger partial charge in [0.15, 0.2) is 0 Å². The lowest BCUT2D eigenvalue weighted by atomic mass is 9.82. The molecule has 0 atom stereocenters. The van der Waals surface area contributed by atoms with E-state index in [1.165, 1.54) is 60.2 Å². The van der Waals surface area contributed by atoms with E-state index in [2.05, 4.69) is 182 Å². The summed E-state index contributed by atoms with van der Waals surface area (Å²) >= 11 is 0. The van der Waals surface area contributed by atoms with Gasteiger partial charge in [0.2, 0.25) is 0 Å². The topological polar surface area (TPSA) is 30.7 Å². The second kappa shape index (κ2) is 10.7. The first-order valence-corrected chi connectivity index (χ1v) is 18.0. The largest absolute Gasteiger partial charge is 0.309 e. The van der Waals surface area contributed by atoms with E-state index in [9.17, 15) is 0 Å². The van der Waals surface area contributed by atoms with Crippen LogP contribution in [0.1, 0.15) is 25.0 Å². The first-order valence-electron chi connectivity index (χ1n) is 18.0. The minimum Gasteiger partial charge on any atom is -0.309 e. The van der Waals surface area contributed by atoms with Gasteiger partial charge in [-0.3, -0.25) is 0 Å². The van der Waals surface area contributed by atoms with Gasteiger partial charge in [0.1, 0.15) is 11.4 Å². The fraction of sp³-hybridized carbons (Fsp3) is 0.0612. The van der Waals surface area contributed by atoms with Crippen LogP contribution in [-0.4, -0.2) is 14.8 Å². The molecule has 0 saturated carbocycles. The first-order chi connectivity index (χ1) is 25.6. The van der Waals surface area contributed by atoms with Crippen molar-refractivity contribution >= 4 is 54.1 Å². The molecule has 2 heterocycles. The molecule has 0 N–H and O–H groups in total. The van der Waals surface area contributed by atoms with Gasteiger partial charge in [0, 0.05) is 43.5 Å².